The quantitative estimate of drug-likeness (QED) is 0.929. The number of halogens is 3. The number of rotatable bonds is 3. The van der Waals surface area contributed by atoms with E-state index in [1.807, 2.05) is 14.1 Å². The maximum Gasteiger partial charge on any atom is 0.251 e. The molecule has 0 aliphatic heterocycles. The Morgan fingerprint density at radius 2 is 1.86 bits per heavy atom. The molecule has 0 saturated heterocycles. The number of carbonyl (C=O) groups excluding carboxylic acids is 1. The second-order valence-corrected chi connectivity index (χ2v) is 5.52. The van der Waals surface area contributed by atoms with Crippen molar-refractivity contribution in [3.63, 3.8) is 0 Å². The molecule has 0 spiro atoms. The van der Waals surface area contributed by atoms with Gasteiger partial charge in [0.05, 0.1) is 0 Å². The van der Waals surface area contributed by atoms with Crippen molar-refractivity contribution in [1.82, 2.24) is 10.2 Å². The highest BCUT2D eigenvalue weighted by Gasteiger charge is 2.28. The standard InChI is InChI=1S/C15H20F2N2O.ClH/c1-19(2)14-6-4-3-5-13(14)18-15(20)10-7-8-11(16)12(17)9-10;/h7-9,13-14H,3-6H2,1-2H3,(H,18,20);1H/t13-,14-;/m1./s1. The smallest absolute Gasteiger partial charge is 0.251 e. The van der Waals surface area contributed by atoms with Crippen LogP contribution in [-0.2, 0) is 0 Å². The molecule has 21 heavy (non-hydrogen) atoms. The normalized spacial score (nSPS) is 21.8. The van der Waals surface area contributed by atoms with Gasteiger partial charge in [0.2, 0.25) is 0 Å². The van der Waals surface area contributed by atoms with Gasteiger partial charge in [-0.2, -0.15) is 0 Å². The van der Waals surface area contributed by atoms with Gasteiger partial charge in [-0.3, -0.25) is 4.79 Å². The van der Waals surface area contributed by atoms with Crippen LogP contribution in [0.3, 0.4) is 0 Å². The van der Waals surface area contributed by atoms with Crippen molar-refractivity contribution in [3.8, 4) is 0 Å². The van der Waals surface area contributed by atoms with Crippen LogP contribution in [0, 0.1) is 11.6 Å². The van der Waals surface area contributed by atoms with Crippen LogP contribution in [0.25, 0.3) is 0 Å². The summed E-state index contributed by atoms with van der Waals surface area (Å²) in [5.41, 5.74) is 0.159. The minimum absolute atomic E-state index is 0. The first kappa shape index (κ1) is 17.9. The van der Waals surface area contributed by atoms with E-state index in [4.69, 9.17) is 0 Å². The van der Waals surface area contributed by atoms with Gasteiger partial charge in [-0.15, -0.1) is 12.4 Å². The van der Waals surface area contributed by atoms with Crippen LogP contribution in [0.2, 0.25) is 0 Å². The summed E-state index contributed by atoms with van der Waals surface area (Å²) in [6, 6.07) is 3.57. The van der Waals surface area contributed by atoms with E-state index in [2.05, 4.69) is 10.2 Å². The van der Waals surface area contributed by atoms with Crippen molar-refractivity contribution >= 4 is 18.3 Å². The molecule has 3 nitrogen and oxygen atoms in total. The van der Waals surface area contributed by atoms with Gasteiger partial charge in [0, 0.05) is 17.6 Å². The zero-order chi connectivity index (χ0) is 14.7. The number of carbonyl (C=O) groups is 1. The van der Waals surface area contributed by atoms with Gasteiger partial charge < -0.3 is 10.2 Å². The van der Waals surface area contributed by atoms with Crippen LogP contribution in [0.15, 0.2) is 18.2 Å². The van der Waals surface area contributed by atoms with Gasteiger partial charge in [-0.25, -0.2) is 8.78 Å². The van der Waals surface area contributed by atoms with E-state index in [0.717, 1.165) is 37.8 Å². The summed E-state index contributed by atoms with van der Waals surface area (Å²) in [7, 11) is 3.99. The maximum atomic E-state index is 13.2. The summed E-state index contributed by atoms with van der Waals surface area (Å²) >= 11 is 0. The number of benzene rings is 1. The van der Waals surface area contributed by atoms with Gasteiger partial charge in [0.1, 0.15) is 0 Å². The molecule has 1 aliphatic carbocycles. The molecule has 1 aromatic rings. The molecule has 0 radical (unpaired) electrons. The average Bonchev–Trinajstić information content (AvgIpc) is 2.42. The van der Waals surface area contributed by atoms with E-state index in [1.165, 1.54) is 6.07 Å². The Morgan fingerprint density at radius 3 is 2.48 bits per heavy atom. The van der Waals surface area contributed by atoms with E-state index < -0.39 is 11.6 Å². The minimum Gasteiger partial charge on any atom is -0.348 e. The van der Waals surface area contributed by atoms with Gasteiger partial charge in [-0.1, -0.05) is 12.8 Å². The highest BCUT2D eigenvalue weighted by atomic mass is 35.5. The maximum absolute atomic E-state index is 13.2. The fourth-order valence-electron chi connectivity index (χ4n) is 2.79. The number of hydrogen-bond donors (Lipinski definition) is 1. The zero-order valence-electron chi connectivity index (χ0n) is 12.2. The largest absolute Gasteiger partial charge is 0.348 e. The van der Waals surface area contributed by atoms with E-state index in [1.54, 1.807) is 0 Å². The van der Waals surface area contributed by atoms with E-state index in [0.29, 0.717) is 0 Å². The second kappa shape index (κ2) is 7.71. The number of hydrogen-bond acceptors (Lipinski definition) is 2. The highest BCUT2D eigenvalue weighted by molar-refractivity contribution is 5.94. The molecule has 1 saturated carbocycles. The van der Waals surface area contributed by atoms with Crippen molar-refractivity contribution in [1.29, 1.82) is 0 Å². The third-order valence-corrected chi connectivity index (χ3v) is 3.89. The SMILES string of the molecule is CN(C)[C@@H]1CCCC[C@H]1NC(=O)c1ccc(F)c(F)c1.Cl. The van der Waals surface area contributed by atoms with Crippen LogP contribution in [0.4, 0.5) is 8.78 Å². The Balaban J connectivity index is 0.00000220. The fourth-order valence-corrected chi connectivity index (χ4v) is 2.79. The monoisotopic (exact) mass is 318 g/mol. The van der Waals surface area contributed by atoms with Gasteiger partial charge in [0.25, 0.3) is 5.91 Å². The molecule has 1 amide bonds. The van der Waals surface area contributed by atoms with E-state index in [9.17, 15) is 13.6 Å². The molecule has 6 heteroatoms. The molecule has 2 rings (SSSR count). The van der Waals surface area contributed by atoms with Gasteiger partial charge in [0.15, 0.2) is 11.6 Å². The first-order valence-corrected chi connectivity index (χ1v) is 6.91. The van der Waals surface area contributed by atoms with Crippen LogP contribution < -0.4 is 5.32 Å². The third kappa shape index (κ3) is 4.38. The predicted octanol–water partition coefficient (Wildman–Crippen LogP) is 2.99. The van der Waals surface area contributed by atoms with Crippen molar-refractivity contribution in [2.45, 2.75) is 37.8 Å². The number of likely N-dealkylation sites (N-methyl/N-ethyl adjacent to an activating group) is 1. The van der Waals surface area contributed by atoms with Crippen molar-refractivity contribution in [3.05, 3.63) is 35.4 Å². The first-order chi connectivity index (χ1) is 9.49. The molecule has 0 unspecified atom stereocenters. The molecule has 1 N–H and O–H groups in total. The van der Waals surface area contributed by atoms with Gasteiger partial charge in [-0.05, 0) is 45.1 Å². The molecule has 0 bridgehead atoms. The molecule has 2 atom stereocenters. The Morgan fingerprint density at radius 1 is 1.19 bits per heavy atom. The van der Waals surface area contributed by atoms with Crippen LogP contribution in [0.1, 0.15) is 36.0 Å². The summed E-state index contributed by atoms with van der Waals surface area (Å²) in [5.74, 6) is -2.28. The van der Waals surface area contributed by atoms with Crippen LogP contribution >= 0.6 is 12.4 Å². The summed E-state index contributed by atoms with van der Waals surface area (Å²) in [4.78, 5) is 14.2. The lowest BCUT2D eigenvalue weighted by Crippen LogP contribution is -2.51. The first-order valence-electron chi connectivity index (χ1n) is 6.91. The topological polar surface area (TPSA) is 32.3 Å². The molecule has 1 aliphatic rings. The van der Waals surface area contributed by atoms with E-state index >= 15 is 0 Å². The summed E-state index contributed by atoms with van der Waals surface area (Å²) in [6.07, 6.45) is 4.18. The number of nitrogens with zero attached hydrogens (tertiary/aromatic N) is 1. The molecule has 118 valence electrons. The minimum atomic E-state index is -0.995. The lowest BCUT2D eigenvalue weighted by atomic mass is 9.89. The molecule has 0 aromatic heterocycles. The average molecular weight is 319 g/mol. The van der Waals surface area contributed by atoms with E-state index in [-0.39, 0.29) is 36.0 Å². The highest BCUT2D eigenvalue weighted by Crippen LogP contribution is 2.22. The second-order valence-electron chi connectivity index (χ2n) is 5.52. The summed E-state index contributed by atoms with van der Waals surface area (Å²) in [6.45, 7) is 0. The summed E-state index contributed by atoms with van der Waals surface area (Å²) in [5, 5.41) is 2.94. The van der Waals surface area contributed by atoms with Gasteiger partial charge >= 0.3 is 0 Å². The zero-order valence-corrected chi connectivity index (χ0v) is 13.1. The Kier molecular flexibility index (Phi) is 6.55. The molecule has 0 heterocycles. The fraction of sp³-hybridized carbons (Fsp3) is 0.533. The third-order valence-electron chi connectivity index (χ3n) is 3.89. The Hall–Kier alpha value is -1.20. The van der Waals surface area contributed by atoms with Crippen molar-refractivity contribution in [2.75, 3.05) is 14.1 Å². The Labute approximate surface area is 130 Å². The molecular weight excluding hydrogens is 298 g/mol. The lowest BCUT2D eigenvalue weighted by molar-refractivity contribution is 0.0882. The van der Waals surface area contributed by atoms with Crippen molar-refractivity contribution < 1.29 is 13.6 Å². The lowest BCUT2D eigenvalue weighted by Gasteiger charge is -2.36. The van der Waals surface area contributed by atoms with Crippen LogP contribution in [-0.4, -0.2) is 37.0 Å². The number of nitrogens with one attached hydrogen (secondary N) is 1. The molecule has 1 aromatic carbocycles. The number of amides is 1. The predicted molar refractivity (Wildman–Crippen MR) is 80.8 cm³/mol. The summed E-state index contributed by atoms with van der Waals surface area (Å²) < 4.78 is 26.0. The molecular formula is C15H21ClF2N2O. The Bertz CT molecular complexity index is 497. The molecule has 1 fully saturated rings. The van der Waals surface area contributed by atoms with Crippen LogP contribution in [0.5, 0.6) is 0 Å². The van der Waals surface area contributed by atoms with Crippen molar-refractivity contribution in [2.24, 2.45) is 0 Å².